The van der Waals surface area contributed by atoms with Gasteiger partial charge in [-0.2, -0.15) is 10.4 Å². The quantitative estimate of drug-likeness (QED) is 0.558. The van der Waals surface area contributed by atoms with Crippen molar-refractivity contribution in [3.05, 3.63) is 0 Å². The highest BCUT2D eigenvalue weighted by atomic mass is 16.2. The molecule has 0 spiro atoms. The summed E-state index contributed by atoms with van der Waals surface area (Å²) in [6.07, 6.45) is 1.25. The first-order chi connectivity index (χ1) is 4.85. The van der Waals surface area contributed by atoms with Crippen molar-refractivity contribution in [2.75, 3.05) is 13.2 Å². The van der Waals surface area contributed by atoms with Gasteiger partial charge in [0.15, 0.2) is 0 Å². The largest absolute Gasteiger partial charge is 0.396 e. The van der Waals surface area contributed by atoms with E-state index in [-0.39, 0.29) is 19.1 Å². The zero-order valence-electron chi connectivity index (χ0n) is 5.75. The molecule has 0 aromatic heterocycles. The third-order valence-corrected chi connectivity index (χ3v) is 1.20. The minimum atomic E-state index is -0.190. The van der Waals surface area contributed by atoms with Crippen LogP contribution in [0.2, 0.25) is 0 Å². The van der Waals surface area contributed by atoms with E-state index in [1.54, 1.807) is 0 Å². The summed E-state index contributed by atoms with van der Waals surface area (Å²) >= 11 is 0. The van der Waals surface area contributed by atoms with Gasteiger partial charge in [0.2, 0.25) is 0 Å². The molecule has 0 aromatic rings. The van der Waals surface area contributed by atoms with Gasteiger partial charge < -0.3 is 5.11 Å². The molecule has 0 saturated heterocycles. The number of aliphatic hydroxyl groups excluding tert-OH is 1. The van der Waals surface area contributed by atoms with Gasteiger partial charge in [-0.1, -0.05) is 0 Å². The Labute approximate surface area is 60.0 Å². The summed E-state index contributed by atoms with van der Waals surface area (Å²) in [5.41, 5.74) is 6.48. The molecule has 1 atom stereocenters. The van der Waals surface area contributed by atoms with Crippen molar-refractivity contribution in [1.82, 2.24) is 0 Å². The van der Waals surface area contributed by atoms with Crippen LogP contribution in [0.15, 0.2) is 5.11 Å². The molecule has 0 aliphatic carbocycles. The normalized spacial score (nSPS) is 12.0. The van der Waals surface area contributed by atoms with Gasteiger partial charge in [0.25, 0.3) is 0 Å². The molecule has 0 aliphatic rings. The van der Waals surface area contributed by atoms with Crippen LogP contribution < -0.4 is 0 Å². The first-order valence-electron chi connectivity index (χ1n) is 3.18. The van der Waals surface area contributed by atoms with E-state index in [0.29, 0.717) is 12.8 Å². The van der Waals surface area contributed by atoms with E-state index in [2.05, 4.69) is 5.11 Å². The monoisotopic (exact) mass is 141 g/mol. The minimum Gasteiger partial charge on any atom is -0.396 e. The summed E-state index contributed by atoms with van der Waals surface area (Å²) in [6.45, 7) is 0.368. The fourth-order valence-electron chi connectivity index (χ4n) is 0.645. The van der Waals surface area contributed by atoms with Gasteiger partial charge in [0.05, 0.1) is 18.5 Å². The van der Waals surface area contributed by atoms with Crippen LogP contribution in [0.25, 0.3) is 0 Å². The van der Waals surface area contributed by atoms with E-state index in [4.69, 9.17) is 15.9 Å². The van der Waals surface area contributed by atoms with Crippen molar-refractivity contribution in [1.29, 1.82) is 10.8 Å². The Hall–Kier alpha value is -0.950. The lowest BCUT2D eigenvalue weighted by atomic mass is 10.1. The molecule has 0 heterocycles. The predicted molar refractivity (Wildman–Crippen MR) is 35.4 cm³/mol. The first kappa shape index (κ1) is 9.05. The van der Waals surface area contributed by atoms with Crippen molar-refractivity contribution < 1.29 is 5.11 Å². The lowest BCUT2D eigenvalue weighted by Gasteiger charge is -2.00. The molecular weight excluding hydrogens is 130 g/mol. The number of nitrogens with one attached hydrogen (secondary N) is 1. The topological polar surface area (TPSA) is 80.2 Å². The Morgan fingerprint density at radius 1 is 1.70 bits per heavy atom. The summed E-state index contributed by atoms with van der Waals surface area (Å²) in [5, 5.41) is 19.9. The van der Waals surface area contributed by atoms with Crippen LogP contribution in [0, 0.1) is 22.8 Å². The molecule has 2 N–H and O–H groups in total. The molecule has 56 valence electrons. The summed E-state index contributed by atoms with van der Waals surface area (Å²) in [4.78, 5) is 0. The van der Waals surface area contributed by atoms with Crippen LogP contribution in [-0.2, 0) is 0 Å². The van der Waals surface area contributed by atoms with Crippen molar-refractivity contribution in [2.24, 2.45) is 11.0 Å². The van der Waals surface area contributed by atoms with Gasteiger partial charge in [-0.05, 0) is 12.8 Å². The molecule has 0 amide bonds. The summed E-state index contributed by atoms with van der Waals surface area (Å²) in [5.74, 6) is -0.190. The molecule has 0 fully saturated rings. The fraction of sp³-hybridized carbons (Fsp3) is 0.833. The molecule has 0 aromatic carbocycles. The maximum Gasteiger partial charge on any atom is 0.0754 e. The number of aliphatic hydroxyl groups is 1. The Kier molecular flexibility index (Phi) is 5.59. The molecule has 0 rings (SSSR count). The number of nitrogens with zero attached hydrogens (tertiary/aromatic N) is 2. The van der Waals surface area contributed by atoms with Crippen LogP contribution in [0.4, 0.5) is 0 Å². The molecule has 1 unspecified atom stereocenters. The van der Waals surface area contributed by atoms with E-state index in [0.717, 1.165) is 0 Å². The van der Waals surface area contributed by atoms with Crippen LogP contribution in [-0.4, -0.2) is 18.3 Å². The molecule has 10 heavy (non-hydrogen) atoms. The predicted octanol–water partition coefficient (Wildman–Crippen LogP) is 0.930. The van der Waals surface area contributed by atoms with Gasteiger partial charge >= 0.3 is 0 Å². The molecule has 0 radical (unpaired) electrons. The van der Waals surface area contributed by atoms with Gasteiger partial charge in [-0.25, -0.2) is 5.53 Å². The number of hydrogen-bond donors (Lipinski definition) is 2. The maximum atomic E-state index is 8.41. The number of nitriles is 1. The lowest BCUT2D eigenvalue weighted by Crippen LogP contribution is -2.01. The second-order valence-electron chi connectivity index (χ2n) is 2.03. The Morgan fingerprint density at radius 3 is 2.80 bits per heavy atom. The first-order valence-corrected chi connectivity index (χ1v) is 3.18. The van der Waals surface area contributed by atoms with Crippen LogP contribution in [0.5, 0.6) is 0 Å². The zero-order valence-corrected chi connectivity index (χ0v) is 5.75. The van der Waals surface area contributed by atoms with Crippen molar-refractivity contribution in [3.63, 3.8) is 0 Å². The van der Waals surface area contributed by atoms with Gasteiger partial charge in [-0.3, -0.25) is 0 Å². The summed E-state index contributed by atoms with van der Waals surface area (Å²) < 4.78 is 0. The second-order valence-corrected chi connectivity index (χ2v) is 2.03. The van der Waals surface area contributed by atoms with E-state index in [1.807, 2.05) is 6.07 Å². The average molecular weight is 141 g/mol. The summed E-state index contributed by atoms with van der Waals surface area (Å²) in [7, 11) is 0. The Balaban J connectivity index is 3.42. The molecule has 4 nitrogen and oxygen atoms in total. The average Bonchev–Trinajstić information content (AvgIpc) is 1.98. The van der Waals surface area contributed by atoms with Crippen molar-refractivity contribution in [3.8, 4) is 6.07 Å². The molecule has 0 saturated carbocycles. The number of rotatable bonds is 5. The maximum absolute atomic E-state index is 8.41. The summed E-state index contributed by atoms with van der Waals surface area (Å²) in [6, 6.07) is 2.01. The SMILES string of the molecule is N#CC(CCCO)CN=N. The third kappa shape index (κ3) is 3.98. The Bertz CT molecular complexity index is 129. The third-order valence-electron chi connectivity index (χ3n) is 1.20. The van der Waals surface area contributed by atoms with Gasteiger partial charge in [-0.15, -0.1) is 0 Å². The van der Waals surface area contributed by atoms with Crippen LogP contribution in [0.1, 0.15) is 12.8 Å². The molecule has 0 aliphatic heterocycles. The highest BCUT2D eigenvalue weighted by Crippen LogP contribution is 2.04. The smallest absolute Gasteiger partial charge is 0.0754 e. The highest BCUT2D eigenvalue weighted by Gasteiger charge is 2.04. The van der Waals surface area contributed by atoms with E-state index >= 15 is 0 Å². The molecule has 0 bridgehead atoms. The lowest BCUT2D eigenvalue weighted by molar-refractivity contribution is 0.278. The minimum absolute atomic E-state index is 0.107. The number of hydrogen-bond acceptors (Lipinski definition) is 4. The van der Waals surface area contributed by atoms with E-state index < -0.39 is 0 Å². The zero-order chi connectivity index (χ0) is 7.82. The molecule has 4 heteroatoms. The standard InChI is InChI=1S/C6H11N3O/c7-4-6(5-9-8)2-1-3-10/h6,8,10H,1-3,5H2. The van der Waals surface area contributed by atoms with E-state index in [1.165, 1.54) is 0 Å². The van der Waals surface area contributed by atoms with Crippen LogP contribution >= 0.6 is 0 Å². The second kappa shape index (κ2) is 6.17. The van der Waals surface area contributed by atoms with Crippen molar-refractivity contribution >= 4 is 0 Å². The van der Waals surface area contributed by atoms with Gasteiger partial charge in [0, 0.05) is 6.61 Å². The highest BCUT2D eigenvalue weighted by molar-refractivity contribution is 4.83. The van der Waals surface area contributed by atoms with Crippen molar-refractivity contribution in [2.45, 2.75) is 12.8 Å². The van der Waals surface area contributed by atoms with Gasteiger partial charge in [0.1, 0.15) is 0 Å². The fourth-order valence-corrected chi connectivity index (χ4v) is 0.645. The van der Waals surface area contributed by atoms with Crippen LogP contribution in [0.3, 0.4) is 0 Å². The molecular formula is C6H11N3O. The Morgan fingerprint density at radius 2 is 2.40 bits per heavy atom. The van der Waals surface area contributed by atoms with E-state index in [9.17, 15) is 0 Å².